The molecule has 2 aromatic carbocycles. The Morgan fingerprint density at radius 3 is 2.62 bits per heavy atom. The quantitative estimate of drug-likeness (QED) is 0.386. The lowest BCUT2D eigenvalue weighted by molar-refractivity contribution is 0.303. The second kappa shape index (κ2) is 8.76. The van der Waals surface area contributed by atoms with E-state index in [1.165, 1.54) is 4.52 Å². The minimum Gasteiger partial charge on any atom is -0.489 e. The van der Waals surface area contributed by atoms with Gasteiger partial charge in [-0.3, -0.25) is 0 Å². The Kier molecular flexibility index (Phi) is 5.36. The normalized spacial score (nSPS) is 11.0. The number of nitrogens with two attached hydrogens (primary N) is 1. The number of anilines is 2. The first kappa shape index (κ1) is 19.6. The average molecular weight is 427 g/mol. The molecule has 32 heavy (non-hydrogen) atoms. The summed E-state index contributed by atoms with van der Waals surface area (Å²) in [5.74, 6) is 2.72. The van der Waals surface area contributed by atoms with Crippen molar-refractivity contribution in [3.05, 3.63) is 84.1 Å². The first-order chi connectivity index (χ1) is 15.8. The summed E-state index contributed by atoms with van der Waals surface area (Å²) in [6.07, 6.45) is 2.29. The van der Waals surface area contributed by atoms with Gasteiger partial charge in [0.1, 0.15) is 12.4 Å². The first-order valence-corrected chi connectivity index (χ1v) is 10.2. The minimum atomic E-state index is 0.189. The molecule has 0 amide bonds. The number of ether oxygens (including phenoxy) is 1. The van der Waals surface area contributed by atoms with Crippen molar-refractivity contribution in [3.63, 3.8) is 0 Å². The van der Waals surface area contributed by atoms with Gasteiger partial charge in [-0.15, -0.1) is 5.10 Å². The molecule has 160 valence electrons. The molecule has 0 aliphatic carbocycles. The van der Waals surface area contributed by atoms with Crippen molar-refractivity contribution in [1.29, 1.82) is 0 Å². The van der Waals surface area contributed by atoms with Gasteiger partial charge >= 0.3 is 0 Å². The van der Waals surface area contributed by atoms with Crippen LogP contribution in [0.2, 0.25) is 0 Å². The van der Waals surface area contributed by atoms with Gasteiger partial charge in [0.05, 0.1) is 6.26 Å². The number of nitrogens with one attached hydrogen (secondary N) is 1. The highest BCUT2D eigenvalue weighted by Crippen LogP contribution is 2.21. The first-order valence-electron chi connectivity index (χ1n) is 10.2. The maximum absolute atomic E-state index is 6.04. The number of rotatable bonds is 8. The van der Waals surface area contributed by atoms with Crippen LogP contribution in [0.25, 0.3) is 17.4 Å². The predicted octanol–water partition coefficient (Wildman–Crippen LogP) is 3.60. The molecule has 0 atom stereocenters. The molecule has 0 fully saturated rings. The number of benzene rings is 2. The van der Waals surface area contributed by atoms with Crippen molar-refractivity contribution in [3.8, 4) is 17.3 Å². The van der Waals surface area contributed by atoms with Crippen molar-refractivity contribution < 1.29 is 9.15 Å². The highest BCUT2D eigenvalue weighted by Gasteiger charge is 2.14. The molecule has 3 aromatic heterocycles. The summed E-state index contributed by atoms with van der Waals surface area (Å²) < 4.78 is 12.8. The number of furan rings is 1. The summed E-state index contributed by atoms with van der Waals surface area (Å²) in [5, 5.41) is 7.51. The lowest BCUT2D eigenvalue weighted by Gasteiger charge is -2.12. The zero-order chi connectivity index (χ0) is 21.8. The van der Waals surface area contributed by atoms with E-state index in [0.29, 0.717) is 36.5 Å². The molecule has 0 unspecified atom stereocenters. The maximum atomic E-state index is 6.04. The number of hydrogen-bond donors (Lipinski definition) is 2. The summed E-state index contributed by atoms with van der Waals surface area (Å²) in [5.41, 5.74) is 8.26. The van der Waals surface area contributed by atoms with E-state index in [4.69, 9.17) is 14.9 Å². The van der Waals surface area contributed by atoms with E-state index in [1.807, 2.05) is 48.5 Å². The zero-order valence-electron chi connectivity index (χ0n) is 17.2. The molecule has 0 spiro atoms. The summed E-state index contributed by atoms with van der Waals surface area (Å²) in [6, 6.07) is 21.6. The zero-order valence-corrected chi connectivity index (χ0v) is 17.2. The standard InChI is InChI=1S/C23H21N7O2/c24-21-27-22(28-23-26-20(29-30(21)23)19-11-6-14-31-19)25-13-12-17-9-4-5-10-18(17)32-15-16-7-2-1-3-8-16/h1-11,14H,12-13,15H2,(H3,24,25,26,27,28,29). The monoisotopic (exact) mass is 427 g/mol. The second-order valence-electron chi connectivity index (χ2n) is 7.09. The topological polar surface area (TPSA) is 116 Å². The molecule has 0 saturated heterocycles. The summed E-state index contributed by atoms with van der Waals surface area (Å²) in [4.78, 5) is 13.1. The molecule has 5 aromatic rings. The minimum absolute atomic E-state index is 0.189. The molecule has 5 rings (SSSR count). The summed E-state index contributed by atoms with van der Waals surface area (Å²) >= 11 is 0. The molecule has 3 N–H and O–H groups in total. The van der Waals surface area contributed by atoms with Crippen molar-refractivity contribution in [1.82, 2.24) is 24.6 Å². The van der Waals surface area contributed by atoms with Crippen molar-refractivity contribution in [2.45, 2.75) is 13.0 Å². The number of para-hydroxylation sites is 1. The number of hydrogen-bond acceptors (Lipinski definition) is 8. The van der Waals surface area contributed by atoms with E-state index in [2.05, 4.69) is 31.4 Å². The van der Waals surface area contributed by atoms with E-state index in [9.17, 15) is 0 Å². The molecule has 9 heteroatoms. The third kappa shape index (κ3) is 4.22. The van der Waals surface area contributed by atoms with Gasteiger partial charge in [-0.05, 0) is 35.7 Å². The predicted molar refractivity (Wildman–Crippen MR) is 120 cm³/mol. The van der Waals surface area contributed by atoms with E-state index in [1.54, 1.807) is 18.4 Å². The summed E-state index contributed by atoms with van der Waals surface area (Å²) in [6.45, 7) is 1.12. The maximum Gasteiger partial charge on any atom is 0.259 e. The van der Waals surface area contributed by atoms with Crippen LogP contribution in [0.3, 0.4) is 0 Å². The third-order valence-electron chi connectivity index (χ3n) is 4.86. The van der Waals surface area contributed by atoms with Crippen molar-refractivity contribution >= 4 is 17.7 Å². The Hall–Kier alpha value is -4.40. The molecule has 0 aliphatic rings. The van der Waals surface area contributed by atoms with Gasteiger partial charge in [-0.2, -0.15) is 19.5 Å². The van der Waals surface area contributed by atoms with Crippen molar-refractivity contribution in [2.75, 3.05) is 17.6 Å². The van der Waals surface area contributed by atoms with Crippen LogP contribution in [0.15, 0.2) is 77.4 Å². The molecule has 9 nitrogen and oxygen atoms in total. The van der Waals surface area contributed by atoms with Gasteiger partial charge in [0.25, 0.3) is 5.78 Å². The molecular formula is C23H21N7O2. The molecule has 0 radical (unpaired) electrons. The van der Waals surface area contributed by atoms with Crippen LogP contribution in [0.1, 0.15) is 11.1 Å². The van der Waals surface area contributed by atoms with E-state index in [0.717, 1.165) is 23.3 Å². The lowest BCUT2D eigenvalue weighted by Crippen LogP contribution is -2.12. The number of fused-ring (bicyclic) bond motifs is 1. The SMILES string of the molecule is Nc1nc(NCCc2ccccc2OCc2ccccc2)nc2nc(-c3ccco3)nn12. The lowest BCUT2D eigenvalue weighted by atomic mass is 10.1. The van der Waals surface area contributed by atoms with Gasteiger partial charge in [-0.1, -0.05) is 48.5 Å². The van der Waals surface area contributed by atoms with Gasteiger partial charge in [0, 0.05) is 6.54 Å². The number of nitrogens with zero attached hydrogens (tertiary/aromatic N) is 5. The fourth-order valence-corrected chi connectivity index (χ4v) is 3.29. The van der Waals surface area contributed by atoms with Crippen LogP contribution in [-0.2, 0) is 13.0 Å². The molecule has 0 saturated carbocycles. The largest absolute Gasteiger partial charge is 0.489 e. The number of aromatic nitrogens is 5. The van der Waals surface area contributed by atoms with E-state index >= 15 is 0 Å². The van der Waals surface area contributed by atoms with Crippen LogP contribution in [0.5, 0.6) is 5.75 Å². The molecule has 0 bridgehead atoms. The fraction of sp³-hybridized carbons (Fsp3) is 0.130. The average Bonchev–Trinajstić information content (AvgIpc) is 3.49. The van der Waals surface area contributed by atoms with Gasteiger partial charge in [0.15, 0.2) is 5.76 Å². The second-order valence-corrected chi connectivity index (χ2v) is 7.09. The van der Waals surface area contributed by atoms with Crippen molar-refractivity contribution in [2.24, 2.45) is 0 Å². The Balaban J connectivity index is 1.25. The number of nitrogen functional groups attached to an aromatic ring is 1. The van der Waals surface area contributed by atoms with E-state index < -0.39 is 0 Å². The third-order valence-corrected chi connectivity index (χ3v) is 4.86. The van der Waals surface area contributed by atoms with Crippen LogP contribution >= 0.6 is 0 Å². The highest BCUT2D eigenvalue weighted by molar-refractivity contribution is 5.52. The van der Waals surface area contributed by atoms with Crippen LogP contribution < -0.4 is 15.8 Å². The van der Waals surface area contributed by atoms with Gasteiger partial charge in [0.2, 0.25) is 17.7 Å². The van der Waals surface area contributed by atoms with Gasteiger partial charge in [-0.25, -0.2) is 0 Å². The Bertz CT molecular complexity index is 1320. The Labute approximate surface area is 183 Å². The van der Waals surface area contributed by atoms with Gasteiger partial charge < -0.3 is 20.2 Å². The Morgan fingerprint density at radius 1 is 0.938 bits per heavy atom. The molecule has 3 heterocycles. The van der Waals surface area contributed by atoms with E-state index in [-0.39, 0.29) is 5.95 Å². The molecule has 0 aliphatic heterocycles. The van der Waals surface area contributed by atoms with Crippen LogP contribution in [-0.4, -0.2) is 31.1 Å². The summed E-state index contributed by atoms with van der Waals surface area (Å²) in [7, 11) is 0. The fourth-order valence-electron chi connectivity index (χ4n) is 3.29. The highest BCUT2D eigenvalue weighted by atomic mass is 16.5. The smallest absolute Gasteiger partial charge is 0.259 e. The van der Waals surface area contributed by atoms with Crippen LogP contribution in [0, 0.1) is 0 Å². The molecular weight excluding hydrogens is 406 g/mol. The van der Waals surface area contributed by atoms with Crippen LogP contribution in [0.4, 0.5) is 11.9 Å². The Morgan fingerprint density at radius 2 is 1.78 bits per heavy atom.